The van der Waals surface area contributed by atoms with E-state index in [0.717, 1.165) is 11.3 Å². The summed E-state index contributed by atoms with van der Waals surface area (Å²) in [6.07, 6.45) is 0. The van der Waals surface area contributed by atoms with Gasteiger partial charge in [0.1, 0.15) is 11.5 Å². The number of benzene rings is 1. The molecule has 4 nitrogen and oxygen atoms in total. The molecule has 1 unspecified atom stereocenters. The van der Waals surface area contributed by atoms with Gasteiger partial charge in [0.15, 0.2) is 0 Å². The van der Waals surface area contributed by atoms with Crippen LogP contribution >= 0.6 is 0 Å². The Morgan fingerprint density at radius 1 is 1.47 bits per heavy atom. The minimum Gasteiger partial charge on any atom is -0.508 e. The van der Waals surface area contributed by atoms with E-state index in [2.05, 4.69) is 5.32 Å². The Kier molecular flexibility index (Phi) is 6.00. The fourth-order valence-corrected chi connectivity index (χ4v) is 2.04. The van der Waals surface area contributed by atoms with Crippen LogP contribution in [-0.2, 0) is 17.3 Å². The number of phenols is 1. The molecule has 0 aliphatic rings. The number of nitrogens with one attached hydrogen (secondary N) is 1. The number of methoxy groups -OCH3 is 1. The summed E-state index contributed by atoms with van der Waals surface area (Å²) in [6.45, 7) is 3.13. The van der Waals surface area contributed by atoms with Crippen molar-refractivity contribution in [3.05, 3.63) is 23.8 Å². The topological polar surface area (TPSA) is 58.6 Å². The molecule has 0 aliphatic carbocycles. The number of rotatable bonds is 7. The molecule has 5 heteroatoms. The van der Waals surface area contributed by atoms with E-state index in [-0.39, 0.29) is 5.75 Å². The van der Waals surface area contributed by atoms with E-state index in [1.54, 1.807) is 25.3 Å². The number of hydrogen-bond acceptors (Lipinski definition) is 4. The summed E-state index contributed by atoms with van der Waals surface area (Å²) in [5.74, 6) is 2.29. The molecule has 0 fully saturated rings. The van der Waals surface area contributed by atoms with Gasteiger partial charge in [0, 0.05) is 41.0 Å². The molecule has 0 aliphatic heterocycles. The van der Waals surface area contributed by atoms with Crippen molar-refractivity contribution in [2.45, 2.75) is 13.5 Å². The van der Waals surface area contributed by atoms with Crippen molar-refractivity contribution in [2.24, 2.45) is 0 Å². The van der Waals surface area contributed by atoms with Crippen molar-refractivity contribution >= 4 is 10.8 Å². The number of ether oxygens (including phenoxy) is 1. The first kappa shape index (κ1) is 14.0. The largest absolute Gasteiger partial charge is 0.508 e. The van der Waals surface area contributed by atoms with E-state index in [1.165, 1.54) is 0 Å². The molecular formula is C12H19NO3S. The Morgan fingerprint density at radius 3 is 2.88 bits per heavy atom. The van der Waals surface area contributed by atoms with E-state index in [9.17, 15) is 9.32 Å². The SMILES string of the molecule is CCS(=O)CCNCc1cc(OC)ccc1O. The number of phenolic OH excluding ortho intramolecular Hbond substituents is 1. The summed E-state index contributed by atoms with van der Waals surface area (Å²) in [7, 11) is 0.845. The van der Waals surface area contributed by atoms with Crippen molar-refractivity contribution in [1.29, 1.82) is 0 Å². The Hall–Kier alpha value is -1.07. The zero-order valence-electron chi connectivity index (χ0n) is 10.2. The third-order valence-electron chi connectivity index (χ3n) is 2.43. The van der Waals surface area contributed by atoms with E-state index in [1.807, 2.05) is 6.92 Å². The van der Waals surface area contributed by atoms with Crippen molar-refractivity contribution in [1.82, 2.24) is 5.32 Å². The average molecular weight is 257 g/mol. The molecule has 2 N–H and O–H groups in total. The molecule has 1 rings (SSSR count). The lowest BCUT2D eigenvalue weighted by atomic mass is 10.2. The molecule has 0 amide bonds. The van der Waals surface area contributed by atoms with Crippen LogP contribution in [0.2, 0.25) is 0 Å². The zero-order chi connectivity index (χ0) is 12.7. The molecule has 0 aromatic heterocycles. The normalized spacial score (nSPS) is 12.4. The van der Waals surface area contributed by atoms with Gasteiger partial charge in [-0.15, -0.1) is 0 Å². The standard InChI is InChI=1S/C12H19NO3S/c1-3-17(15)7-6-13-9-10-8-11(16-2)4-5-12(10)14/h4-5,8,13-14H,3,6-7,9H2,1-2H3. The summed E-state index contributed by atoms with van der Waals surface area (Å²) in [6, 6.07) is 5.12. The Balaban J connectivity index is 2.43. The Labute approximate surface area is 104 Å². The second-order valence-electron chi connectivity index (χ2n) is 3.60. The first-order valence-corrected chi connectivity index (χ1v) is 7.07. The summed E-state index contributed by atoms with van der Waals surface area (Å²) >= 11 is 0. The molecule has 0 radical (unpaired) electrons. The van der Waals surface area contributed by atoms with Gasteiger partial charge in [-0.2, -0.15) is 0 Å². The van der Waals surface area contributed by atoms with Crippen molar-refractivity contribution in [3.8, 4) is 11.5 Å². The van der Waals surface area contributed by atoms with Crippen LogP contribution in [0.1, 0.15) is 12.5 Å². The maximum Gasteiger partial charge on any atom is 0.120 e. The molecule has 0 bridgehead atoms. The second-order valence-corrected chi connectivity index (χ2v) is 5.47. The molecule has 0 saturated carbocycles. The Morgan fingerprint density at radius 2 is 2.24 bits per heavy atom. The molecule has 1 atom stereocenters. The van der Waals surface area contributed by atoms with Crippen molar-refractivity contribution in [2.75, 3.05) is 25.2 Å². The van der Waals surface area contributed by atoms with E-state index in [4.69, 9.17) is 4.74 Å². The number of hydrogen-bond donors (Lipinski definition) is 2. The average Bonchev–Trinajstić information content (AvgIpc) is 2.36. The van der Waals surface area contributed by atoms with Crippen LogP contribution in [0, 0.1) is 0 Å². The summed E-state index contributed by atoms with van der Waals surface area (Å²) in [4.78, 5) is 0. The second kappa shape index (κ2) is 7.29. The van der Waals surface area contributed by atoms with Crippen LogP contribution in [0.5, 0.6) is 11.5 Å². The van der Waals surface area contributed by atoms with Crippen LogP contribution in [0.15, 0.2) is 18.2 Å². The molecule has 17 heavy (non-hydrogen) atoms. The third-order valence-corrected chi connectivity index (χ3v) is 3.73. The maximum atomic E-state index is 11.2. The van der Waals surface area contributed by atoms with Crippen molar-refractivity contribution < 1.29 is 14.1 Å². The smallest absolute Gasteiger partial charge is 0.120 e. The fraction of sp³-hybridized carbons (Fsp3) is 0.500. The van der Waals surface area contributed by atoms with E-state index >= 15 is 0 Å². The number of aromatic hydroxyl groups is 1. The van der Waals surface area contributed by atoms with Crippen LogP contribution in [-0.4, -0.2) is 34.5 Å². The third kappa shape index (κ3) is 4.75. The van der Waals surface area contributed by atoms with Gasteiger partial charge in [-0.05, 0) is 18.2 Å². The first-order chi connectivity index (χ1) is 8.17. The van der Waals surface area contributed by atoms with Gasteiger partial charge in [-0.3, -0.25) is 4.21 Å². The Bertz CT molecular complexity index is 382. The lowest BCUT2D eigenvalue weighted by Crippen LogP contribution is -2.20. The monoisotopic (exact) mass is 257 g/mol. The highest BCUT2D eigenvalue weighted by atomic mass is 32.2. The fourth-order valence-electron chi connectivity index (χ4n) is 1.38. The quantitative estimate of drug-likeness (QED) is 0.722. The molecular weight excluding hydrogens is 238 g/mol. The summed E-state index contributed by atoms with van der Waals surface area (Å²) < 4.78 is 16.3. The van der Waals surface area contributed by atoms with Crippen LogP contribution < -0.4 is 10.1 Å². The van der Waals surface area contributed by atoms with Gasteiger partial charge in [-0.1, -0.05) is 6.92 Å². The van der Waals surface area contributed by atoms with Crippen molar-refractivity contribution in [3.63, 3.8) is 0 Å². The summed E-state index contributed by atoms with van der Waals surface area (Å²) in [5.41, 5.74) is 0.784. The highest BCUT2D eigenvalue weighted by Gasteiger charge is 2.03. The van der Waals surface area contributed by atoms with Gasteiger partial charge in [-0.25, -0.2) is 0 Å². The minimum atomic E-state index is -0.746. The van der Waals surface area contributed by atoms with Crippen LogP contribution in [0.25, 0.3) is 0 Å². The van der Waals surface area contributed by atoms with Crippen LogP contribution in [0.4, 0.5) is 0 Å². The molecule has 1 aromatic rings. The molecule has 96 valence electrons. The summed E-state index contributed by atoms with van der Waals surface area (Å²) in [5, 5.41) is 12.8. The minimum absolute atomic E-state index is 0.245. The van der Waals surface area contributed by atoms with E-state index in [0.29, 0.717) is 24.6 Å². The maximum absolute atomic E-state index is 11.2. The lowest BCUT2D eigenvalue weighted by Gasteiger charge is -2.08. The van der Waals surface area contributed by atoms with Gasteiger partial charge in [0.25, 0.3) is 0 Å². The molecule has 0 spiro atoms. The molecule has 0 saturated heterocycles. The van der Waals surface area contributed by atoms with Gasteiger partial charge < -0.3 is 15.2 Å². The zero-order valence-corrected chi connectivity index (χ0v) is 11.0. The first-order valence-electron chi connectivity index (χ1n) is 5.59. The molecule has 0 heterocycles. The highest BCUT2D eigenvalue weighted by molar-refractivity contribution is 7.84. The predicted molar refractivity (Wildman–Crippen MR) is 69.9 cm³/mol. The van der Waals surface area contributed by atoms with E-state index < -0.39 is 10.8 Å². The van der Waals surface area contributed by atoms with Gasteiger partial charge >= 0.3 is 0 Å². The predicted octanol–water partition coefficient (Wildman–Crippen LogP) is 1.26. The highest BCUT2D eigenvalue weighted by Crippen LogP contribution is 2.22. The van der Waals surface area contributed by atoms with Gasteiger partial charge in [0.05, 0.1) is 7.11 Å². The molecule has 1 aromatic carbocycles. The lowest BCUT2D eigenvalue weighted by molar-refractivity contribution is 0.410. The van der Waals surface area contributed by atoms with Gasteiger partial charge in [0.2, 0.25) is 0 Å². The van der Waals surface area contributed by atoms with Crippen LogP contribution in [0.3, 0.4) is 0 Å².